The van der Waals surface area contributed by atoms with E-state index >= 15 is 0 Å². The van der Waals surface area contributed by atoms with Crippen LogP contribution in [-0.4, -0.2) is 37.0 Å². The molecule has 1 aliphatic rings. The maximum Gasteiger partial charge on any atom is 0.305 e. The van der Waals surface area contributed by atoms with Crippen molar-refractivity contribution in [2.45, 2.75) is 44.7 Å². The molecule has 0 aromatic rings. The third kappa shape index (κ3) is 4.42. The Bertz CT molecular complexity index is 317. The molecule has 0 spiro atoms. The van der Waals surface area contributed by atoms with Crippen LogP contribution in [0.3, 0.4) is 0 Å². The molecule has 0 aromatic carbocycles. The van der Waals surface area contributed by atoms with E-state index in [4.69, 9.17) is 0 Å². The second-order valence-electron chi connectivity index (χ2n) is 4.18. The monoisotopic (exact) mass is 242 g/mol. The van der Waals surface area contributed by atoms with Crippen LogP contribution in [-0.2, 0) is 19.1 Å². The van der Waals surface area contributed by atoms with Gasteiger partial charge < -0.3 is 15.4 Å². The Morgan fingerprint density at radius 2 is 2.29 bits per heavy atom. The van der Waals surface area contributed by atoms with Crippen molar-refractivity contribution < 1.29 is 19.1 Å². The summed E-state index contributed by atoms with van der Waals surface area (Å²) < 4.78 is 4.51. The van der Waals surface area contributed by atoms with Gasteiger partial charge in [-0.1, -0.05) is 0 Å². The van der Waals surface area contributed by atoms with Gasteiger partial charge in [0.25, 0.3) is 0 Å². The second-order valence-corrected chi connectivity index (χ2v) is 4.18. The average Bonchev–Trinajstić information content (AvgIpc) is 2.72. The lowest BCUT2D eigenvalue weighted by Crippen LogP contribution is -2.45. The third-order valence-corrected chi connectivity index (χ3v) is 2.71. The molecule has 96 valence electrons. The Hall–Kier alpha value is -1.59. The van der Waals surface area contributed by atoms with Crippen molar-refractivity contribution in [3.8, 4) is 0 Å². The van der Waals surface area contributed by atoms with E-state index in [-0.39, 0.29) is 30.2 Å². The molecule has 1 heterocycles. The van der Waals surface area contributed by atoms with Crippen LogP contribution in [0.2, 0.25) is 0 Å². The predicted molar refractivity (Wildman–Crippen MR) is 60.0 cm³/mol. The van der Waals surface area contributed by atoms with E-state index in [1.165, 1.54) is 7.11 Å². The van der Waals surface area contributed by atoms with Crippen LogP contribution in [0, 0.1) is 0 Å². The van der Waals surface area contributed by atoms with Gasteiger partial charge in [0.15, 0.2) is 0 Å². The van der Waals surface area contributed by atoms with Crippen LogP contribution in [0.1, 0.15) is 32.6 Å². The van der Waals surface area contributed by atoms with E-state index in [9.17, 15) is 14.4 Å². The normalized spacial score (nSPS) is 20.6. The lowest BCUT2D eigenvalue weighted by molar-refractivity contribution is -0.141. The largest absolute Gasteiger partial charge is 0.469 e. The SMILES string of the molecule is COC(=O)CCC(C)NC(=O)[C@@H]1CCC(=O)N1. The summed E-state index contributed by atoms with van der Waals surface area (Å²) in [5.41, 5.74) is 0. The summed E-state index contributed by atoms with van der Waals surface area (Å²) in [6.07, 6.45) is 1.73. The minimum atomic E-state index is -0.428. The average molecular weight is 242 g/mol. The maximum atomic E-state index is 11.7. The Balaban J connectivity index is 2.26. The molecule has 1 saturated heterocycles. The molecule has 0 bridgehead atoms. The number of hydrogen-bond acceptors (Lipinski definition) is 4. The molecule has 1 aliphatic heterocycles. The van der Waals surface area contributed by atoms with Crippen LogP contribution in [0.5, 0.6) is 0 Å². The van der Waals surface area contributed by atoms with Gasteiger partial charge in [0.1, 0.15) is 6.04 Å². The van der Waals surface area contributed by atoms with Crippen molar-refractivity contribution in [2.24, 2.45) is 0 Å². The van der Waals surface area contributed by atoms with Crippen LogP contribution in [0.25, 0.3) is 0 Å². The van der Waals surface area contributed by atoms with Crippen LogP contribution in [0.15, 0.2) is 0 Å². The van der Waals surface area contributed by atoms with Crippen molar-refractivity contribution >= 4 is 17.8 Å². The molecule has 2 atom stereocenters. The Kier molecular flexibility index (Phi) is 4.93. The lowest BCUT2D eigenvalue weighted by Gasteiger charge is -2.16. The molecule has 0 aromatic heterocycles. The summed E-state index contributed by atoms with van der Waals surface area (Å²) in [7, 11) is 1.33. The van der Waals surface area contributed by atoms with Gasteiger partial charge in [-0.25, -0.2) is 0 Å². The highest BCUT2D eigenvalue weighted by molar-refractivity contribution is 5.90. The van der Waals surface area contributed by atoms with Gasteiger partial charge in [-0.15, -0.1) is 0 Å². The molecule has 17 heavy (non-hydrogen) atoms. The van der Waals surface area contributed by atoms with Gasteiger partial charge >= 0.3 is 5.97 Å². The first-order valence-electron chi connectivity index (χ1n) is 5.69. The summed E-state index contributed by atoms with van der Waals surface area (Å²) in [6, 6.07) is -0.540. The number of methoxy groups -OCH3 is 1. The molecule has 0 radical (unpaired) electrons. The summed E-state index contributed by atoms with van der Waals surface area (Å²) in [6.45, 7) is 1.82. The molecule has 1 fully saturated rings. The first-order chi connectivity index (χ1) is 8.02. The van der Waals surface area contributed by atoms with E-state index < -0.39 is 6.04 Å². The first kappa shape index (κ1) is 13.5. The summed E-state index contributed by atoms with van der Waals surface area (Å²) in [5.74, 6) is -0.569. The quantitative estimate of drug-likeness (QED) is 0.649. The van der Waals surface area contributed by atoms with Gasteiger partial charge in [-0.2, -0.15) is 0 Å². The van der Waals surface area contributed by atoms with Crippen molar-refractivity contribution in [3.63, 3.8) is 0 Å². The van der Waals surface area contributed by atoms with Gasteiger partial charge in [0, 0.05) is 18.9 Å². The van der Waals surface area contributed by atoms with Crippen molar-refractivity contribution in [3.05, 3.63) is 0 Å². The number of carbonyl (C=O) groups is 3. The zero-order valence-electron chi connectivity index (χ0n) is 10.1. The smallest absolute Gasteiger partial charge is 0.305 e. The molecule has 2 N–H and O–H groups in total. The molecular weight excluding hydrogens is 224 g/mol. The summed E-state index contributed by atoms with van der Waals surface area (Å²) in [5, 5.41) is 5.35. The van der Waals surface area contributed by atoms with Crippen LogP contribution < -0.4 is 10.6 Å². The molecule has 1 unspecified atom stereocenters. The molecule has 2 amide bonds. The fourth-order valence-corrected chi connectivity index (χ4v) is 1.66. The first-order valence-corrected chi connectivity index (χ1v) is 5.69. The summed E-state index contributed by atoms with van der Waals surface area (Å²) in [4.78, 5) is 33.5. The number of rotatable bonds is 5. The predicted octanol–water partition coefficient (Wildman–Crippen LogP) is -0.277. The minimum Gasteiger partial charge on any atom is -0.469 e. The van der Waals surface area contributed by atoms with Gasteiger partial charge in [0.2, 0.25) is 11.8 Å². The molecule has 1 rings (SSSR count). The maximum absolute atomic E-state index is 11.7. The van der Waals surface area contributed by atoms with Crippen molar-refractivity contribution in [1.29, 1.82) is 0 Å². The van der Waals surface area contributed by atoms with E-state index in [1.54, 1.807) is 0 Å². The molecular formula is C11H18N2O4. The highest BCUT2D eigenvalue weighted by Crippen LogP contribution is 2.07. The van der Waals surface area contributed by atoms with E-state index in [0.29, 0.717) is 19.3 Å². The number of ether oxygens (including phenoxy) is 1. The zero-order valence-corrected chi connectivity index (χ0v) is 10.1. The van der Waals surface area contributed by atoms with E-state index in [2.05, 4.69) is 15.4 Å². The van der Waals surface area contributed by atoms with E-state index in [0.717, 1.165) is 0 Å². The molecule has 0 aliphatic carbocycles. The minimum absolute atomic E-state index is 0.0904. The number of carbonyl (C=O) groups excluding carboxylic acids is 3. The molecule has 6 nitrogen and oxygen atoms in total. The second kappa shape index (κ2) is 6.22. The van der Waals surface area contributed by atoms with Crippen LogP contribution in [0.4, 0.5) is 0 Å². The van der Waals surface area contributed by atoms with Gasteiger partial charge in [0.05, 0.1) is 7.11 Å². The standard InChI is InChI=1S/C11H18N2O4/c1-7(3-6-10(15)17-2)12-11(16)8-4-5-9(14)13-8/h7-8H,3-6H2,1-2H3,(H,12,16)(H,13,14)/t7?,8-/m0/s1. The topological polar surface area (TPSA) is 84.5 Å². The van der Waals surface area contributed by atoms with Crippen molar-refractivity contribution in [1.82, 2.24) is 10.6 Å². The Morgan fingerprint density at radius 3 is 2.82 bits per heavy atom. The fourth-order valence-electron chi connectivity index (χ4n) is 1.66. The summed E-state index contributed by atoms with van der Waals surface area (Å²) >= 11 is 0. The van der Waals surface area contributed by atoms with Crippen molar-refractivity contribution in [2.75, 3.05) is 7.11 Å². The zero-order chi connectivity index (χ0) is 12.8. The highest BCUT2D eigenvalue weighted by Gasteiger charge is 2.27. The number of esters is 1. The van der Waals surface area contributed by atoms with Gasteiger partial charge in [-0.05, 0) is 19.8 Å². The fraction of sp³-hybridized carbons (Fsp3) is 0.727. The van der Waals surface area contributed by atoms with Gasteiger partial charge in [-0.3, -0.25) is 14.4 Å². The van der Waals surface area contributed by atoms with E-state index in [1.807, 2.05) is 6.92 Å². The Morgan fingerprint density at radius 1 is 1.59 bits per heavy atom. The third-order valence-electron chi connectivity index (χ3n) is 2.71. The van der Waals surface area contributed by atoms with Crippen LogP contribution >= 0.6 is 0 Å². The number of hydrogen-bond donors (Lipinski definition) is 2. The highest BCUT2D eigenvalue weighted by atomic mass is 16.5. The number of nitrogens with one attached hydrogen (secondary N) is 2. The molecule has 6 heteroatoms. The lowest BCUT2D eigenvalue weighted by atomic mass is 10.1. The Labute approximate surface area is 100 Å². The number of amides is 2. The molecule has 0 saturated carbocycles.